The van der Waals surface area contributed by atoms with E-state index in [4.69, 9.17) is 0 Å². The molecule has 0 aliphatic carbocycles. The Morgan fingerprint density at radius 2 is 2.42 bits per heavy atom. The van der Waals surface area contributed by atoms with E-state index >= 15 is 0 Å². The van der Waals surface area contributed by atoms with Crippen LogP contribution in [0.1, 0.15) is 23.6 Å². The first kappa shape index (κ1) is 7.50. The monoisotopic (exact) mass is 160 g/mol. The first-order valence-electron chi connectivity index (χ1n) is 4.21. The smallest absolute Gasteiger partial charge is 0.0347 e. The molecule has 0 unspecified atom stereocenters. The lowest BCUT2D eigenvalue weighted by Crippen LogP contribution is -2.34. The minimum absolute atomic E-state index is 0.525. The molecule has 2 heterocycles. The summed E-state index contributed by atoms with van der Waals surface area (Å²) in [5.74, 6) is 0. The third-order valence-electron chi connectivity index (χ3n) is 2.24. The summed E-state index contributed by atoms with van der Waals surface area (Å²) in [5.41, 5.74) is 2.37. The predicted octanol–water partition coefficient (Wildman–Crippen LogP) is 1.76. The normalized spacial score (nSPS) is 21.5. The van der Waals surface area contributed by atoms with Gasteiger partial charge in [-0.2, -0.15) is 0 Å². The lowest BCUT2D eigenvalue weighted by atomic mass is 9.99. The molecule has 1 aliphatic rings. The second-order valence-electron chi connectivity index (χ2n) is 3.05. The molecule has 1 saturated heterocycles. The van der Waals surface area contributed by atoms with Crippen molar-refractivity contribution in [2.75, 3.05) is 6.54 Å². The lowest BCUT2D eigenvalue weighted by Gasteiger charge is -2.27. The van der Waals surface area contributed by atoms with Crippen LogP contribution >= 0.6 is 0 Å². The van der Waals surface area contributed by atoms with Crippen LogP contribution in [-0.4, -0.2) is 11.5 Å². The molecule has 2 heteroatoms. The molecular weight excluding hydrogens is 148 g/mol. The zero-order valence-corrected chi connectivity index (χ0v) is 6.96. The van der Waals surface area contributed by atoms with Crippen LogP contribution in [0.15, 0.2) is 25.0 Å². The van der Waals surface area contributed by atoms with Gasteiger partial charge in [-0.25, -0.2) is 0 Å². The van der Waals surface area contributed by atoms with Gasteiger partial charge in [0, 0.05) is 18.4 Å². The Bertz CT molecular complexity index is 290. The third-order valence-corrected chi connectivity index (χ3v) is 2.24. The first-order valence-corrected chi connectivity index (χ1v) is 4.21. The Morgan fingerprint density at radius 3 is 3.00 bits per heavy atom. The number of hydrogen-bond donors (Lipinski definition) is 1. The second kappa shape index (κ2) is 3.07. The van der Waals surface area contributed by atoms with Crippen molar-refractivity contribution in [1.29, 1.82) is 0 Å². The van der Waals surface area contributed by atoms with Gasteiger partial charge in [-0.1, -0.05) is 12.7 Å². The summed E-state index contributed by atoms with van der Waals surface area (Å²) in [4.78, 5) is 4.15. The number of aromatic nitrogens is 1. The van der Waals surface area contributed by atoms with Gasteiger partial charge >= 0.3 is 0 Å². The zero-order chi connectivity index (χ0) is 8.39. The fourth-order valence-corrected chi connectivity index (χ4v) is 1.35. The van der Waals surface area contributed by atoms with Crippen LogP contribution in [-0.2, 0) is 0 Å². The van der Waals surface area contributed by atoms with E-state index in [0.717, 1.165) is 12.1 Å². The summed E-state index contributed by atoms with van der Waals surface area (Å²) < 4.78 is 0. The van der Waals surface area contributed by atoms with E-state index in [2.05, 4.69) is 22.9 Å². The second-order valence-corrected chi connectivity index (χ2v) is 3.05. The minimum atomic E-state index is 0.525. The number of nitrogens with zero attached hydrogens (tertiary/aromatic N) is 1. The lowest BCUT2D eigenvalue weighted by molar-refractivity contribution is 0.382. The van der Waals surface area contributed by atoms with Crippen molar-refractivity contribution in [3.63, 3.8) is 0 Å². The highest BCUT2D eigenvalue weighted by molar-refractivity contribution is 5.46. The Morgan fingerprint density at radius 1 is 1.58 bits per heavy atom. The van der Waals surface area contributed by atoms with Crippen LogP contribution < -0.4 is 5.32 Å². The van der Waals surface area contributed by atoms with Gasteiger partial charge in [-0.15, -0.1) is 0 Å². The Kier molecular flexibility index (Phi) is 1.92. The molecule has 1 atom stereocenters. The van der Waals surface area contributed by atoms with Gasteiger partial charge in [0.25, 0.3) is 0 Å². The summed E-state index contributed by atoms with van der Waals surface area (Å²) in [5, 5.41) is 3.34. The van der Waals surface area contributed by atoms with Crippen molar-refractivity contribution in [1.82, 2.24) is 10.3 Å². The van der Waals surface area contributed by atoms with Crippen LogP contribution in [0.2, 0.25) is 0 Å². The summed E-state index contributed by atoms with van der Waals surface area (Å²) in [6.07, 6.45) is 6.80. The van der Waals surface area contributed by atoms with Crippen molar-refractivity contribution >= 4 is 6.08 Å². The summed E-state index contributed by atoms with van der Waals surface area (Å²) in [6, 6.07) is 2.66. The van der Waals surface area contributed by atoms with Gasteiger partial charge in [0.15, 0.2) is 0 Å². The molecule has 0 aromatic carbocycles. The molecule has 0 saturated carbocycles. The van der Waals surface area contributed by atoms with Gasteiger partial charge in [0.1, 0.15) is 0 Å². The molecule has 1 fully saturated rings. The molecule has 1 N–H and O–H groups in total. The van der Waals surface area contributed by atoms with Crippen LogP contribution in [0.5, 0.6) is 0 Å². The third kappa shape index (κ3) is 1.25. The van der Waals surface area contributed by atoms with Crippen molar-refractivity contribution in [3.8, 4) is 0 Å². The van der Waals surface area contributed by atoms with Gasteiger partial charge in [-0.3, -0.25) is 4.98 Å². The Balaban J connectivity index is 2.25. The van der Waals surface area contributed by atoms with Crippen LogP contribution in [0, 0.1) is 0 Å². The van der Waals surface area contributed by atoms with Crippen molar-refractivity contribution in [3.05, 3.63) is 36.2 Å². The first-order chi connectivity index (χ1) is 5.90. The summed E-state index contributed by atoms with van der Waals surface area (Å²) in [6.45, 7) is 4.84. The molecule has 12 heavy (non-hydrogen) atoms. The van der Waals surface area contributed by atoms with E-state index in [0.29, 0.717) is 6.04 Å². The molecule has 0 spiro atoms. The van der Waals surface area contributed by atoms with Crippen LogP contribution in [0.4, 0.5) is 0 Å². The molecule has 1 aromatic heterocycles. The maximum atomic E-state index is 4.15. The SMILES string of the molecule is C=Cc1cncc([C@@H]2CCN2)c1. The molecule has 2 nitrogen and oxygen atoms in total. The average molecular weight is 160 g/mol. The van der Waals surface area contributed by atoms with Gasteiger partial charge < -0.3 is 5.32 Å². The number of rotatable bonds is 2. The highest BCUT2D eigenvalue weighted by Crippen LogP contribution is 2.22. The number of pyridine rings is 1. The van der Waals surface area contributed by atoms with Crippen molar-refractivity contribution in [2.45, 2.75) is 12.5 Å². The minimum Gasteiger partial charge on any atom is -0.310 e. The maximum absolute atomic E-state index is 4.15. The van der Waals surface area contributed by atoms with Crippen LogP contribution in [0.25, 0.3) is 6.08 Å². The summed E-state index contributed by atoms with van der Waals surface area (Å²) in [7, 11) is 0. The molecule has 0 radical (unpaired) electrons. The topological polar surface area (TPSA) is 24.9 Å². The average Bonchev–Trinajstić information content (AvgIpc) is 2.02. The highest BCUT2D eigenvalue weighted by atomic mass is 15.0. The zero-order valence-electron chi connectivity index (χ0n) is 6.96. The van der Waals surface area contributed by atoms with Crippen LogP contribution in [0.3, 0.4) is 0 Å². The molecule has 2 rings (SSSR count). The molecular formula is C10H12N2. The van der Waals surface area contributed by atoms with E-state index < -0.39 is 0 Å². The predicted molar refractivity (Wildman–Crippen MR) is 49.7 cm³/mol. The van der Waals surface area contributed by atoms with E-state index in [1.165, 1.54) is 12.0 Å². The van der Waals surface area contributed by atoms with Gasteiger partial charge in [0.05, 0.1) is 0 Å². The highest BCUT2D eigenvalue weighted by Gasteiger charge is 2.18. The van der Waals surface area contributed by atoms with Crippen molar-refractivity contribution in [2.24, 2.45) is 0 Å². The van der Waals surface area contributed by atoms with E-state index in [9.17, 15) is 0 Å². The van der Waals surface area contributed by atoms with Gasteiger partial charge in [-0.05, 0) is 30.2 Å². The Labute approximate surface area is 72.3 Å². The van der Waals surface area contributed by atoms with E-state index in [-0.39, 0.29) is 0 Å². The molecule has 0 bridgehead atoms. The maximum Gasteiger partial charge on any atom is 0.0347 e. The number of nitrogens with one attached hydrogen (secondary N) is 1. The molecule has 62 valence electrons. The fourth-order valence-electron chi connectivity index (χ4n) is 1.35. The molecule has 0 amide bonds. The quantitative estimate of drug-likeness (QED) is 0.713. The Hall–Kier alpha value is -1.15. The fraction of sp³-hybridized carbons (Fsp3) is 0.300. The summed E-state index contributed by atoms with van der Waals surface area (Å²) >= 11 is 0. The molecule has 1 aliphatic heterocycles. The van der Waals surface area contributed by atoms with Crippen molar-refractivity contribution < 1.29 is 0 Å². The van der Waals surface area contributed by atoms with E-state index in [1.54, 1.807) is 0 Å². The largest absolute Gasteiger partial charge is 0.310 e. The molecule has 1 aromatic rings. The standard InChI is InChI=1S/C10H12N2/c1-2-8-5-9(7-11-6-8)10-3-4-12-10/h2,5-7,10,12H,1,3-4H2/t10-/m0/s1. The van der Waals surface area contributed by atoms with E-state index in [1.807, 2.05) is 18.5 Å². The number of hydrogen-bond acceptors (Lipinski definition) is 2. The van der Waals surface area contributed by atoms with Gasteiger partial charge in [0.2, 0.25) is 0 Å².